The summed E-state index contributed by atoms with van der Waals surface area (Å²) in [7, 11) is -3.39. The summed E-state index contributed by atoms with van der Waals surface area (Å²) < 4.78 is 28.1. The average molecular weight is 273 g/mol. The van der Waals surface area contributed by atoms with Gasteiger partial charge in [-0.05, 0) is 19.9 Å². The summed E-state index contributed by atoms with van der Waals surface area (Å²) in [6.45, 7) is 8.98. The van der Waals surface area contributed by atoms with Gasteiger partial charge in [-0.1, -0.05) is 13.8 Å². The molecule has 6 heteroatoms. The van der Waals surface area contributed by atoms with Crippen molar-refractivity contribution in [3.8, 4) is 0 Å². The number of sulfonamides is 1. The third-order valence-electron chi connectivity index (χ3n) is 3.02. The van der Waals surface area contributed by atoms with Crippen molar-refractivity contribution >= 4 is 10.0 Å². The van der Waals surface area contributed by atoms with Crippen molar-refractivity contribution < 1.29 is 8.42 Å². The molecule has 0 unspecified atom stereocenters. The van der Waals surface area contributed by atoms with Crippen LogP contribution in [0.5, 0.6) is 0 Å². The first-order chi connectivity index (χ1) is 8.38. The van der Waals surface area contributed by atoms with Gasteiger partial charge in [-0.2, -0.15) is 4.31 Å². The lowest BCUT2D eigenvalue weighted by molar-refractivity contribution is 0.445. The highest BCUT2D eigenvalue weighted by atomic mass is 32.2. The Bertz CT molecular complexity index is 487. The molecule has 0 saturated heterocycles. The van der Waals surface area contributed by atoms with E-state index in [1.54, 1.807) is 12.3 Å². The lowest BCUT2D eigenvalue weighted by atomic mass is 10.3. The molecule has 1 aromatic rings. The normalized spacial score (nSPS) is 12.6. The van der Waals surface area contributed by atoms with Gasteiger partial charge in [0.2, 0.25) is 10.0 Å². The van der Waals surface area contributed by atoms with Gasteiger partial charge in [-0.15, -0.1) is 0 Å². The second-order valence-corrected chi connectivity index (χ2v) is 6.40. The van der Waals surface area contributed by atoms with Gasteiger partial charge in [0.1, 0.15) is 4.90 Å². The first kappa shape index (κ1) is 15.2. The molecule has 1 heterocycles. The Morgan fingerprint density at radius 3 is 2.22 bits per heavy atom. The number of nitrogens with two attached hydrogens (primary N) is 1. The van der Waals surface area contributed by atoms with Crippen LogP contribution in [0.4, 0.5) is 0 Å². The van der Waals surface area contributed by atoms with Crippen LogP contribution in [-0.4, -0.2) is 30.4 Å². The van der Waals surface area contributed by atoms with E-state index < -0.39 is 10.0 Å². The predicted molar refractivity (Wildman–Crippen MR) is 72.8 cm³/mol. The third-order valence-corrected chi connectivity index (χ3v) is 5.03. The lowest BCUT2D eigenvalue weighted by Gasteiger charge is -2.17. The van der Waals surface area contributed by atoms with Gasteiger partial charge in [0.25, 0.3) is 0 Å². The highest BCUT2D eigenvalue weighted by molar-refractivity contribution is 7.89. The molecule has 0 fully saturated rings. The van der Waals surface area contributed by atoms with Crippen LogP contribution in [0.1, 0.15) is 39.4 Å². The number of aromatic nitrogens is 1. The highest BCUT2D eigenvalue weighted by Crippen LogP contribution is 2.21. The summed E-state index contributed by atoms with van der Waals surface area (Å²) in [5, 5.41) is 0. The van der Waals surface area contributed by atoms with Crippen molar-refractivity contribution in [1.82, 2.24) is 8.87 Å². The summed E-state index contributed by atoms with van der Waals surface area (Å²) in [6, 6.07) is 1.87. The second kappa shape index (κ2) is 5.86. The van der Waals surface area contributed by atoms with Gasteiger partial charge >= 0.3 is 0 Å². The van der Waals surface area contributed by atoms with Gasteiger partial charge < -0.3 is 10.3 Å². The van der Waals surface area contributed by atoms with E-state index >= 15 is 0 Å². The molecule has 1 rings (SSSR count). The summed E-state index contributed by atoms with van der Waals surface area (Å²) in [5.74, 6) is 0. The molecule has 0 aliphatic carbocycles. The van der Waals surface area contributed by atoms with Crippen molar-refractivity contribution in [3.05, 3.63) is 18.0 Å². The topological polar surface area (TPSA) is 68.3 Å². The minimum atomic E-state index is -3.39. The standard InChI is InChI=1S/C12H23N3O2S/c1-5-14(6-2)18(16,17)12-7-11(8-13)15(9-12)10(3)4/h7,9-10H,5-6,8,13H2,1-4H3. The fourth-order valence-corrected chi connectivity index (χ4v) is 3.50. The van der Waals surface area contributed by atoms with Gasteiger partial charge in [0, 0.05) is 37.6 Å². The van der Waals surface area contributed by atoms with E-state index in [4.69, 9.17) is 5.73 Å². The Kier molecular flexibility index (Phi) is 4.95. The first-order valence-electron chi connectivity index (χ1n) is 6.29. The van der Waals surface area contributed by atoms with Crippen molar-refractivity contribution in [2.75, 3.05) is 13.1 Å². The van der Waals surface area contributed by atoms with Crippen LogP contribution in [0.15, 0.2) is 17.2 Å². The van der Waals surface area contributed by atoms with Crippen LogP contribution in [0.25, 0.3) is 0 Å². The molecular formula is C12H23N3O2S. The molecule has 2 N–H and O–H groups in total. The number of rotatable bonds is 6. The van der Waals surface area contributed by atoms with Gasteiger partial charge in [-0.3, -0.25) is 0 Å². The van der Waals surface area contributed by atoms with Gasteiger partial charge in [0.15, 0.2) is 0 Å². The van der Waals surface area contributed by atoms with E-state index in [1.807, 2.05) is 32.3 Å². The quantitative estimate of drug-likeness (QED) is 0.855. The van der Waals surface area contributed by atoms with E-state index in [1.165, 1.54) is 4.31 Å². The summed E-state index contributed by atoms with van der Waals surface area (Å²) in [5.41, 5.74) is 6.50. The van der Waals surface area contributed by atoms with Crippen molar-refractivity contribution in [3.63, 3.8) is 0 Å². The van der Waals surface area contributed by atoms with Crippen LogP contribution in [0.3, 0.4) is 0 Å². The Morgan fingerprint density at radius 2 is 1.89 bits per heavy atom. The Balaban J connectivity index is 3.26. The largest absolute Gasteiger partial charge is 0.346 e. The van der Waals surface area contributed by atoms with E-state index in [-0.39, 0.29) is 6.04 Å². The number of hydrogen-bond acceptors (Lipinski definition) is 3. The minimum Gasteiger partial charge on any atom is -0.346 e. The highest BCUT2D eigenvalue weighted by Gasteiger charge is 2.24. The molecule has 0 atom stereocenters. The fraction of sp³-hybridized carbons (Fsp3) is 0.667. The SMILES string of the molecule is CCN(CC)S(=O)(=O)c1cc(CN)n(C(C)C)c1. The molecule has 0 aliphatic rings. The summed E-state index contributed by atoms with van der Waals surface area (Å²) in [4.78, 5) is 0.334. The van der Waals surface area contributed by atoms with E-state index in [9.17, 15) is 8.42 Å². The summed E-state index contributed by atoms with van der Waals surface area (Å²) >= 11 is 0. The van der Waals surface area contributed by atoms with Crippen LogP contribution >= 0.6 is 0 Å². The zero-order chi connectivity index (χ0) is 13.9. The third kappa shape index (κ3) is 2.76. The number of nitrogens with zero attached hydrogens (tertiary/aromatic N) is 2. The molecule has 104 valence electrons. The fourth-order valence-electron chi connectivity index (χ4n) is 1.99. The maximum Gasteiger partial charge on any atom is 0.244 e. The summed E-state index contributed by atoms with van der Waals surface area (Å²) in [6.07, 6.45) is 1.68. The Labute approximate surface area is 110 Å². The van der Waals surface area contributed by atoms with Crippen molar-refractivity contribution in [1.29, 1.82) is 0 Å². The molecule has 0 amide bonds. The maximum absolute atomic E-state index is 12.4. The van der Waals surface area contributed by atoms with Gasteiger partial charge in [-0.25, -0.2) is 8.42 Å². The molecule has 0 spiro atoms. The van der Waals surface area contributed by atoms with Crippen LogP contribution in [0, 0.1) is 0 Å². The smallest absolute Gasteiger partial charge is 0.244 e. The maximum atomic E-state index is 12.4. The molecule has 0 aliphatic heterocycles. The predicted octanol–water partition coefficient (Wildman–Crippen LogP) is 1.56. The van der Waals surface area contributed by atoms with Crippen LogP contribution < -0.4 is 5.73 Å². The minimum absolute atomic E-state index is 0.198. The van der Waals surface area contributed by atoms with Crippen molar-refractivity contribution in [2.24, 2.45) is 5.73 Å². The van der Waals surface area contributed by atoms with Crippen LogP contribution in [-0.2, 0) is 16.6 Å². The van der Waals surface area contributed by atoms with E-state index in [2.05, 4.69) is 0 Å². The molecule has 1 aromatic heterocycles. The van der Waals surface area contributed by atoms with Crippen molar-refractivity contribution in [2.45, 2.75) is 45.2 Å². The van der Waals surface area contributed by atoms with Gasteiger partial charge in [0.05, 0.1) is 0 Å². The zero-order valence-electron chi connectivity index (χ0n) is 11.5. The molecule has 0 saturated carbocycles. The van der Waals surface area contributed by atoms with E-state index in [0.717, 1.165) is 5.69 Å². The van der Waals surface area contributed by atoms with Crippen LogP contribution in [0.2, 0.25) is 0 Å². The Morgan fingerprint density at radius 1 is 1.33 bits per heavy atom. The molecule has 5 nitrogen and oxygen atoms in total. The molecule has 0 aromatic carbocycles. The molecule has 18 heavy (non-hydrogen) atoms. The number of hydrogen-bond donors (Lipinski definition) is 1. The lowest BCUT2D eigenvalue weighted by Crippen LogP contribution is -2.30. The second-order valence-electron chi connectivity index (χ2n) is 4.46. The molecule has 0 radical (unpaired) electrons. The average Bonchev–Trinajstić information content (AvgIpc) is 2.74. The monoisotopic (exact) mass is 273 g/mol. The van der Waals surface area contributed by atoms with E-state index in [0.29, 0.717) is 24.5 Å². The molecular weight excluding hydrogens is 250 g/mol. The zero-order valence-corrected chi connectivity index (χ0v) is 12.4. The molecule has 0 bridgehead atoms. The Hall–Kier alpha value is -0.850. The first-order valence-corrected chi connectivity index (χ1v) is 7.73.